The number of carbonyl (C=O) groups is 2. The number of carbonyl (C=O) groups excluding carboxylic acids is 2. The number of nitrogens with two attached hydrogens (primary N) is 1. The topological polar surface area (TPSA) is 81.2 Å². The maximum Gasteiger partial charge on any atom is 0.225 e. The Labute approximate surface area is 150 Å². The molecule has 1 fully saturated rings. The predicted octanol–water partition coefficient (Wildman–Crippen LogP) is 2.16. The predicted molar refractivity (Wildman–Crippen MR) is 97.6 cm³/mol. The Morgan fingerprint density at radius 3 is 2.24 bits per heavy atom. The first-order chi connectivity index (χ1) is 11.7. The highest BCUT2D eigenvalue weighted by Crippen LogP contribution is 2.34. The molecule has 25 heavy (non-hydrogen) atoms. The smallest absolute Gasteiger partial charge is 0.225 e. The van der Waals surface area contributed by atoms with Crippen LogP contribution in [0.4, 0.5) is 0 Å². The standard InChI is InChI=1S/C19H32N4O2/c1-12(2)6-14(7-13(3)4)19(25)23-10-16(17(11-23)18(20)24)15-8-21-22(5)9-15/h8-9,12-14,16-17H,6-7,10-11H2,1-5H3,(H2,20,24)/t16-,17+/m1/s1. The number of likely N-dealkylation sites (tertiary alicyclic amines) is 1. The van der Waals surface area contributed by atoms with E-state index in [0.717, 1.165) is 18.4 Å². The lowest BCUT2D eigenvalue weighted by molar-refractivity contribution is -0.135. The first-order valence-corrected chi connectivity index (χ1v) is 9.25. The molecule has 2 N–H and O–H groups in total. The third kappa shape index (κ3) is 4.83. The summed E-state index contributed by atoms with van der Waals surface area (Å²) in [5.41, 5.74) is 6.61. The monoisotopic (exact) mass is 348 g/mol. The molecule has 0 radical (unpaired) electrons. The SMILES string of the molecule is CC(C)CC(CC(C)C)C(=O)N1C[C@H](C(N)=O)[C@@H](c2cnn(C)c2)C1. The van der Waals surface area contributed by atoms with Crippen molar-refractivity contribution in [2.24, 2.45) is 36.5 Å². The average Bonchev–Trinajstić information content (AvgIpc) is 3.10. The van der Waals surface area contributed by atoms with Gasteiger partial charge in [0, 0.05) is 38.2 Å². The lowest BCUT2D eigenvalue weighted by Gasteiger charge is -2.26. The third-order valence-electron chi connectivity index (χ3n) is 5.01. The van der Waals surface area contributed by atoms with Gasteiger partial charge in [-0.3, -0.25) is 14.3 Å². The van der Waals surface area contributed by atoms with E-state index in [2.05, 4.69) is 32.8 Å². The van der Waals surface area contributed by atoms with Crippen molar-refractivity contribution in [2.45, 2.75) is 46.5 Å². The lowest BCUT2D eigenvalue weighted by Crippen LogP contribution is -2.37. The molecule has 0 spiro atoms. The van der Waals surface area contributed by atoms with Crippen LogP contribution in [0.3, 0.4) is 0 Å². The zero-order valence-corrected chi connectivity index (χ0v) is 16.1. The molecule has 6 heteroatoms. The van der Waals surface area contributed by atoms with Crippen LogP contribution in [0.15, 0.2) is 12.4 Å². The molecule has 2 rings (SSSR count). The molecule has 0 unspecified atom stereocenters. The van der Waals surface area contributed by atoms with Crippen LogP contribution in [-0.2, 0) is 16.6 Å². The van der Waals surface area contributed by atoms with Gasteiger partial charge in [0.15, 0.2) is 0 Å². The molecular weight excluding hydrogens is 316 g/mol. The van der Waals surface area contributed by atoms with Crippen molar-refractivity contribution in [3.05, 3.63) is 18.0 Å². The van der Waals surface area contributed by atoms with E-state index in [0.29, 0.717) is 24.9 Å². The van der Waals surface area contributed by atoms with Crippen molar-refractivity contribution in [3.63, 3.8) is 0 Å². The minimum absolute atomic E-state index is 0.0150. The first kappa shape index (κ1) is 19.5. The molecule has 2 atom stereocenters. The van der Waals surface area contributed by atoms with Gasteiger partial charge in [-0.15, -0.1) is 0 Å². The number of aromatic nitrogens is 2. The number of aryl methyl sites for hydroxylation is 1. The van der Waals surface area contributed by atoms with Gasteiger partial charge in [0.25, 0.3) is 0 Å². The van der Waals surface area contributed by atoms with Crippen LogP contribution in [0.1, 0.15) is 52.0 Å². The van der Waals surface area contributed by atoms with Crippen molar-refractivity contribution in [1.29, 1.82) is 0 Å². The van der Waals surface area contributed by atoms with Crippen LogP contribution in [0, 0.1) is 23.7 Å². The molecule has 2 heterocycles. The van der Waals surface area contributed by atoms with E-state index in [1.807, 2.05) is 18.1 Å². The molecule has 0 aliphatic carbocycles. The molecule has 0 aromatic carbocycles. The van der Waals surface area contributed by atoms with Gasteiger partial charge in [-0.1, -0.05) is 27.7 Å². The maximum atomic E-state index is 13.1. The summed E-state index contributed by atoms with van der Waals surface area (Å²) in [7, 11) is 1.85. The Bertz CT molecular complexity index is 598. The van der Waals surface area contributed by atoms with Gasteiger partial charge in [0.2, 0.25) is 11.8 Å². The normalized spacial score (nSPS) is 20.9. The van der Waals surface area contributed by atoms with E-state index < -0.39 is 0 Å². The summed E-state index contributed by atoms with van der Waals surface area (Å²) in [4.78, 5) is 26.9. The van der Waals surface area contributed by atoms with Crippen molar-refractivity contribution < 1.29 is 9.59 Å². The van der Waals surface area contributed by atoms with E-state index in [4.69, 9.17) is 5.73 Å². The van der Waals surface area contributed by atoms with E-state index in [1.165, 1.54) is 0 Å². The molecule has 1 saturated heterocycles. The van der Waals surface area contributed by atoms with Crippen LogP contribution < -0.4 is 5.73 Å². The molecule has 0 saturated carbocycles. The van der Waals surface area contributed by atoms with Crippen molar-refractivity contribution in [1.82, 2.24) is 14.7 Å². The third-order valence-corrected chi connectivity index (χ3v) is 5.01. The molecule has 1 aliphatic rings. The summed E-state index contributed by atoms with van der Waals surface area (Å²) >= 11 is 0. The quantitative estimate of drug-likeness (QED) is 0.820. The van der Waals surface area contributed by atoms with Crippen molar-refractivity contribution in [2.75, 3.05) is 13.1 Å². The van der Waals surface area contributed by atoms with E-state index in [-0.39, 0.29) is 29.6 Å². The molecule has 2 amide bonds. The van der Waals surface area contributed by atoms with Crippen LogP contribution in [-0.4, -0.2) is 39.6 Å². The van der Waals surface area contributed by atoms with Crippen LogP contribution in [0.5, 0.6) is 0 Å². The summed E-state index contributed by atoms with van der Waals surface area (Å²) in [6.07, 6.45) is 5.45. The van der Waals surface area contributed by atoms with Gasteiger partial charge in [-0.25, -0.2) is 0 Å². The second-order valence-corrected chi connectivity index (χ2v) is 8.26. The Kier molecular flexibility index (Phi) is 6.25. The van der Waals surface area contributed by atoms with Gasteiger partial charge in [0.1, 0.15) is 0 Å². The summed E-state index contributed by atoms with van der Waals surface area (Å²) in [5.74, 6) is 0.378. The molecule has 140 valence electrons. The zero-order chi connectivity index (χ0) is 18.7. The summed E-state index contributed by atoms with van der Waals surface area (Å²) in [6, 6.07) is 0. The number of amides is 2. The minimum Gasteiger partial charge on any atom is -0.369 e. The fourth-order valence-corrected chi connectivity index (χ4v) is 3.94. The molecular formula is C19H32N4O2. The number of primary amides is 1. The zero-order valence-electron chi connectivity index (χ0n) is 16.1. The van der Waals surface area contributed by atoms with Crippen LogP contribution >= 0.6 is 0 Å². The number of hydrogen-bond donors (Lipinski definition) is 1. The Morgan fingerprint density at radius 2 is 1.80 bits per heavy atom. The maximum absolute atomic E-state index is 13.1. The lowest BCUT2D eigenvalue weighted by atomic mass is 9.88. The summed E-state index contributed by atoms with van der Waals surface area (Å²) in [6.45, 7) is 9.56. The van der Waals surface area contributed by atoms with E-state index >= 15 is 0 Å². The number of rotatable bonds is 7. The van der Waals surface area contributed by atoms with Gasteiger partial charge >= 0.3 is 0 Å². The Balaban J connectivity index is 2.17. The molecule has 6 nitrogen and oxygen atoms in total. The summed E-state index contributed by atoms with van der Waals surface area (Å²) < 4.78 is 1.72. The van der Waals surface area contributed by atoms with Crippen molar-refractivity contribution >= 4 is 11.8 Å². The molecule has 1 aromatic rings. The molecule has 1 aliphatic heterocycles. The second-order valence-electron chi connectivity index (χ2n) is 8.26. The van der Waals surface area contributed by atoms with Gasteiger partial charge in [-0.05, 0) is 30.2 Å². The molecule has 1 aromatic heterocycles. The highest BCUT2D eigenvalue weighted by molar-refractivity contribution is 5.83. The van der Waals surface area contributed by atoms with Gasteiger partial charge in [-0.2, -0.15) is 5.10 Å². The number of nitrogens with zero attached hydrogens (tertiary/aromatic N) is 3. The highest BCUT2D eigenvalue weighted by Gasteiger charge is 2.41. The number of hydrogen-bond acceptors (Lipinski definition) is 3. The summed E-state index contributed by atoms with van der Waals surface area (Å²) in [5, 5.41) is 4.20. The fourth-order valence-electron chi connectivity index (χ4n) is 3.94. The van der Waals surface area contributed by atoms with Crippen LogP contribution in [0.2, 0.25) is 0 Å². The van der Waals surface area contributed by atoms with E-state index in [1.54, 1.807) is 10.9 Å². The van der Waals surface area contributed by atoms with Gasteiger partial charge < -0.3 is 10.6 Å². The van der Waals surface area contributed by atoms with Crippen molar-refractivity contribution in [3.8, 4) is 0 Å². The highest BCUT2D eigenvalue weighted by atomic mass is 16.2. The first-order valence-electron chi connectivity index (χ1n) is 9.25. The Morgan fingerprint density at radius 1 is 1.20 bits per heavy atom. The van der Waals surface area contributed by atoms with E-state index in [9.17, 15) is 9.59 Å². The largest absolute Gasteiger partial charge is 0.369 e. The van der Waals surface area contributed by atoms with Gasteiger partial charge in [0.05, 0.1) is 12.1 Å². The fraction of sp³-hybridized carbons (Fsp3) is 0.737. The molecule has 0 bridgehead atoms. The van der Waals surface area contributed by atoms with Crippen LogP contribution in [0.25, 0.3) is 0 Å². The minimum atomic E-state index is -0.341. The second kappa shape index (κ2) is 8.02. The average molecular weight is 348 g/mol. The Hall–Kier alpha value is -1.85.